The topological polar surface area (TPSA) is 148 Å². The van der Waals surface area contributed by atoms with E-state index < -0.39 is 28.6 Å². The number of aromatic nitrogens is 3. The van der Waals surface area contributed by atoms with Crippen molar-refractivity contribution in [3.05, 3.63) is 55.1 Å². The van der Waals surface area contributed by atoms with Crippen molar-refractivity contribution in [2.45, 2.75) is 0 Å². The van der Waals surface area contributed by atoms with Crippen molar-refractivity contribution >= 4 is 11.6 Å². The Balaban J connectivity index is 2.35. The average Bonchev–Trinajstić information content (AvgIpc) is 2.30. The summed E-state index contributed by atoms with van der Waals surface area (Å²) < 4.78 is 0. The lowest BCUT2D eigenvalue weighted by Gasteiger charge is -2.04. The third kappa shape index (κ3) is 2.60. The van der Waals surface area contributed by atoms with Gasteiger partial charge in [-0.1, -0.05) is 0 Å². The number of pyridine rings is 1. The minimum Gasteiger partial charge on any atom is -0.494 e. The summed E-state index contributed by atoms with van der Waals surface area (Å²) >= 11 is 0. The van der Waals surface area contributed by atoms with Crippen LogP contribution in [-0.2, 0) is 0 Å². The van der Waals surface area contributed by atoms with E-state index in [0.717, 1.165) is 0 Å². The maximum atomic E-state index is 11.7. The highest BCUT2D eigenvalue weighted by Gasteiger charge is 2.17. The lowest BCUT2D eigenvalue weighted by molar-refractivity contribution is 0.102. The van der Waals surface area contributed by atoms with Crippen LogP contribution in [0.3, 0.4) is 0 Å². The number of aromatic amines is 3. The summed E-state index contributed by atoms with van der Waals surface area (Å²) in [6.07, 6.45) is 1.22. The van der Waals surface area contributed by atoms with E-state index in [1.165, 1.54) is 18.3 Å². The van der Waals surface area contributed by atoms with Gasteiger partial charge in [-0.15, -0.1) is 0 Å². The van der Waals surface area contributed by atoms with E-state index in [1.807, 2.05) is 9.97 Å². The van der Waals surface area contributed by atoms with Crippen LogP contribution >= 0.6 is 0 Å². The first-order chi connectivity index (χ1) is 8.97. The van der Waals surface area contributed by atoms with Gasteiger partial charge in [-0.3, -0.25) is 24.4 Å². The summed E-state index contributed by atoms with van der Waals surface area (Å²) in [7, 11) is 0. The molecule has 0 radical (unpaired) electrons. The van der Waals surface area contributed by atoms with E-state index in [0.29, 0.717) is 0 Å². The molecule has 0 aliphatic carbocycles. The van der Waals surface area contributed by atoms with E-state index >= 15 is 0 Å². The zero-order valence-electron chi connectivity index (χ0n) is 9.31. The van der Waals surface area contributed by atoms with E-state index in [9.17, 15) is 24.3 Å². The number of aromatic hydroxyl groups is 1. The molecule has 0 saturated heterocycles. The van der Waals surface area contributed by atoms with Crippen LogP contribution in [-0.4, -0.2) is 26.0 Å². The summed E-state index contributed by atoms with van der Waals surface area (Å²) in [6.45, 7) is 0. The summed E-state index contributed by atoms with van der Waals surface area (Å²) in [5.41, 5.74) is -2.73. The van der Waals surface area contributed by atoms with Gasteiger partial charge in [0, 0.05) is 12.3 Å². The molecule has 2 aromatic rings. The third-order valence-corrected chi connectivity index (χ3v) is 2.19. The standard InChI is InChI=1S/C10H8N4O5/c15-5-2-1-4(3-11-5)12-7(16)6-8(17)13-10(19)14-9(6)18/h1-3H,(H,11,15)(H,12,16)(H3,13,14,17,18,19). The van der Waals surface area contributed by atoms with Crippen LogP contribution in [0.1, 0.15) is 10.4 Å². The van der Waals surface area contributed by atoms with Gasteiger partial charge in [-0.05, 0) is 6.07 Å². The third-order valence-electron chi connectivity index (χ3n) is 2.19. The molecule has 0 fully saturated rings. The molecule has 19 heavy (non-hydrogen) atoms. The van der Waals surface area contributed by atoms with Gasteiger partial charge >= 0.3 is 5.69 Å². The van der Waals surface area contributed by atoms with Crippen LogP contribution in [0.15, 0.2) is 32.7 Å². The molecule has 0 aromatic carbocycles. The maximum absolute atomic E-state index is 11.7. The van der Waals surface area contributed by atoms with Gasteiger partial charge in [-0.2, -0.15) is 0 Å². The van der Waals surface area contributed by atoms with E-state index in [-0.39, 0.29) is 11.2 Å². The minimum absolute atomic E-state index is 0.217. The number of carbonyl (C=O) groups excluding carboxylic acids is 1. The molecule has 5 N–H and O–H groups in total. The Morgan fingerprint density at radius 1 is 1.16 bits per heavy atom. The number of hydrogen-bond donors (Lipinski definition) is 5. The predicted molar refractivity (Wildman–Crippen MR) is 64.4 cm³/mol. The van der Waals surface area contributed by atoms with Crippen molar-refractivity contribution in [2.75, 3.05) is 5.32 Å². The smallest absolute Gasteiger partial charge is 0.328 e. The van der Waals surface area contributed by atoms with Crippen LogP contribution in [0.4, 0.5) is 5.69 Å². The predicted octanol–water partition coefficient (Wildman–Crippen LogP) is -1.29. The van der Waals surface area contributed by atoms with Crippen LogP contribution < -0.4 is 22.1 Å². The molecule has 0 spiro atoms. The monoisotopic (exact) mass is 264 g/mol. The Bertz CT molecular complexity index is 780. The number of nitrogens with one attached hydrogen (secondary N) is 4. The Labute approximate surface area is 104 Å². The fourth-order valence-corrected chi connectivity index (χ4v) is 1.37. The Morgan fingerprint density at radius 2 is 1.89 bits per heavy atom. The number of rotatable bonds is 2. The number of carbonyl (C=O) groups is 1. The van der Waals surface area contributed by atoms with Gasteiger partial charge in [0.15, 0.2) is 5.56 Å². The molecule has 0 bridgehead atoms. The second-order valence-corrected chi connectivity index (χ2v) is 3.53. The van der Waals surface area contributed by atoms with E-state index in [4.69, 9.17) is 0 Å². The first-order valence-corrected chi connectivity index (χ1v) is 5.03. The second kappa shape index (κ2) is 4.64. The SMILES string of the molecule is O=C(Nc1ccc(=O)[nH]c1)c1c(O)[nH]c(=O)[nH]c1=O. The first-order valence-electron chi connectivity index (χ1n) is 5.03. The number of hydrogen-bond acceptors (Lipinski definition) is 5. The summed E-state index contributed by atoms with van der Waals surface area (Å²) in [4.78, 5) is 50.8. The minimum atomic E-state index is -1.02. The highest BCUT2D eigenvalue weighted by atomic mass is 16.3. The van der Waals surface area contributed by atoms with E-state index in [2.05, 4.69) is 10.3 Å². The Hall–Kier alpha value is -3.10. The van der Waals surface area contributed by atoms with Gasteiger partial charge in [0.25, 0.3) is 11.5 Å². The van der Waals surface area contributed by atoms with Crippen molar-refractivity contribution in [3.63, 3.8) is 0 Å². The second-order valence-electron chi connectivity index (χ2n) is 3.53. The highest BCUT2D eigenvalue weighted by molar-refractivity contribution is 6.05. The Morgan fingerprint density at radius 3 is 2.47 bits per heavy atom. The molecule has 2 heterocycles. The number of anilines is 1. The van der Waals surface area contributed by atoms with Gasteiger partial charge in [0.05, 0.1) is 5.69 Å². The van der Waals surface area contributed by atoms with Crippen LogP contribution in [0.2, 0.25) is 0 Å². The molecule has 0 atom stereocenters. The molecule has 98 valence electrons. The van der Waals surface area contributed by atoms with Crippen molar-refractivity contribution in [1.29, 1.82) is 0 Å². The summed E-state index contributed by atoms with van der Waals surface area (Å²) in [5, 5.41) is 11.6. The molecule has 9 nitrogen and oxygen atoms in total. The molecule has 2 rings (SSSR count). The fraction of sp³-hybridized carbons (Fsp3) is 0. The molecule has 0 unspecified atom stereocenters. The van der Waals surface area contributed by atoms with E-state index in [1.54, 1.807) is 0 Å². The normalized spacial score (nSPS) is 10.1. The van der Waals surface area contributed by atoms with Crippen molar-refractivity contribution < 1.29 is 9.90 Å². The van der Waals surface area contributed by atoms with Crippen LogP contribution in [0, 0.1) is 0 Å². The van der Waals surface area contributed by atoms with Crippen molar-refractivity contribution in [2.24, 2.45) is 0 Å². The lowest BCUT2D eigenvalue weighted by atomic mass is 10.3. The summed E-state index contributed by atoms with van der Waals surface area (Å²) in [6, 6.07) is 2.49. The quantitative estimate of drug-likeness (QED) is 0.457. The first kappa shape index (κ1) is 12.4. The van der Waals surface area contributed by atoms with Gasteiger partial charge in [0.1, 0.15) is 0 Å². The molecule has 0 aliphatic heterocycles. The zero-order valence-corrected chi connectivity index (χ0v) is 9.31. The average molecular weight is 264 g/mol. The van der Waals surface area contributed by atoms with Crippen molar-refractivity contribution in [1.82, 2.24) is 15.0 Å². The molecule has 9 heteroatoms. The van der Waals surface area contributed by atoms with Gasteiger partial charge < -0.3 is 15.4 Å². The molecule has 1 amide bonds. The van der Waals surface area contributed by atoms with Crippen LogP contribution in [0.5, 0.6) is 5.88 Å². The zero-order chi connectivity index (χ0) is 14.0. The molecule has 0 aliphatic rings. The molecule has 0 saturated carbocycles. The highest BCUT2D eigenvalue weighted by Crippen LogP contribution is 2.08. The molecular weight excluding hydrogens is 256 g/mol. The number of H-pyrrole nitrogens is 3. The van der Waals surface area contributed by atoms with Gasteiger partial charge in [-0.25, -0.2) is 4.79 Å². The maximum Gasteiger partial charge on any atom is 0.328 e. The van der Waals surface area contributed by atoms with Crippen LogP contribution in [0.25, 0.3) is 0 Å². The summed E-state index contributed by atoms with van der Waals surface area (Å²) in [5.74, 6) is -1.77. The lowest BCUT2D eigenvalue weighted by Crippen LogP contribution is -2.30. The van der Waals surface area contributed by atoms with Crippen molar-refractivity contribution in [3.8, 4) is 5.88 Å². The van der Waals surface area contributed by atoms with Gasteiger partial charge in [0.2, 0.25) is 11.4 Å². The Kier molecular flexibility index (Phi) is 3.02. The molecule has 2 aromatic heterocycles. The largest absolute Gasteiger partial charge is 0.494 e. The molecular formula is C10H8N4O5. The number of amides is 1. The fourth-order valence-electron chi connectivity index (χ4n) is 1.37.